The van der Waals surface area contributed by atoms with Crippen LogP contribution in [0.1, 0.15) is 30.3 Å². The number of ketones is 1. The fourth-order valence-corrected chi connectivity index (χ4v) is 2.71. The minimum Gasteiger partial charge on any atom is -0.352 e. The maximum Gasteiger partial charge on any atom is 0.205 e. The number of para-hydroxylation sites is 1. The van der Waals surface area contributed by atoms with Crippen LogP contribution >= 0.6 is 0 Å². The first-order valence-corrected chi connectivity index (χ1v) is 6.83. The largest absolute Gasteiger partial charge is 0.352 e. The van der Waals surface area contributed by atoms with Crippen LogP contribution in [0, 0.1) is 0 Å². The monoisotopic (exact) mass is 254 g/mol. The molecule has 0 saturated carbocycles. The molecule has 19 heavy (non-hydrogen) atoms. The van der Waals surface area contributed by atoms with Gasteiger partial charge in [0.25, 0.3) is 0 Å². The number of hydrogen-bond acceptors (Lipinski definition) is 2. The van der Waals surface area contributed by atoms with Crippen LogP contribution in [-0.2, 0) is 0 Å². The highest BCUT2D eigenvalue weighted by atomic mass is 16.1. The van der Waals surface area contributed by atoms with Crippen LogP contribution in [0.2, 0.25) is 0 Å². The Hall–Kier alpha value is -1.87. The lowest BCUT2D eigenvalue weighted by atomic mass is 9.94. The van der Waals surface area contributed by atoms with E-state index in [0.29, 0.717) is 5.69 Å². The van der Waals surface area contributed by atoms with E-state index >= 15 is 0 Å². The molecule has 98 valence electrons. The van der Waals surface area contributed by atoms with Gasteiger partial charge in [-0.2, -0.15) is 0 Å². The maximum atomic E-state index is 12.6. The van der Waals surface area contributed by atoms with Crippen molar-refractivity contribution >= 4 is 16.7 Å². The summed E-state index contributed by atoms with van der Waals surface area (Å²) in [5.74, 6) is 0.162. The van der Waals surface area contributed by atoms with Crippen LogP contribution < -0.4 is 5.32 Å². The number of nitrogens with one attached hydrogen (secondary N) is 2. The topological polar surface area (TPSA) is 44.9 Å². The third-order valence-electron chi connectivity index (χ3n) is 3.79. The smallest absolute Gasteiger partial charge is 0.205 e. The van der Waals surface area contributed by atoms with Crippen LogP contribution in [0.15, 0.2) is 41.5 Å². The summed E-state index contributed by atoms with van der Waals surface area (Å²) in [5, 5.41) is 4.42. The molecule has 0 spiro atoms. The van der Waals surface area contributed by atoms with Crippen LogP contribution in [0.3, 0.4) is 0 Å². The van der Waals surface area contributed by atoms with Gasteiger partial charge in [0.1, 0.15) is 0 Å². The summed E-state index contributed by atoms with van der Waals surface area (Å²) in [5.41, 5.74) is 3.98. The lowest BCUT2D eigenvalue weighted by Gasteiger charge is -2.19. The Labute approximate surface area is 112 Å². The highest BCUT2D eigenvalue weighted by Gasteiger charge is 2.20. The van der Waals surface area contributed by atoms with Crippen LogP contribution in [0.25, 0.3) is 10.9 Å². The van der Waals surface area contributed by atoms with E-state index in [1.165, 1.54) is 5.57 Å². The maximum absolute atomic E-state index is 12.6. The molecule has 1 aliphatic heterocycles. The Morgan fingerprint density at radius 1 is 1.32 bits per heavy atom. The van der Waals surface area contributed by atoms with Crippen LogP contribution in [0.4, 0.5) is 0 Å². The molecule has 0 aliphatic carbocycles. The molecular formula is C16H18N2O. The van der Waals surface area contributed by atoms with E-state index in [-0.39, 0.29) is 5.78 Å². The van der Waals surface area contributed by atoms with Crippen molar-refractivity contribution in [3.63, 3.8) is 0 Å². The van der Waals surface area contributed by atoms with Gasteiger partial charge in [0, 0.05) is 23.0 Å². The molecule has 3 rings (SSSR count). The first kappa shape index (κ1) is 12.2. The molecular weight excluding hydrogens is 236 g/mol. The third-order valence-corrected chi connectivity index (χ3v) is 3.79. The molecule has 1 aromatic carbocycles. The molecule has 0 radical (unpaired) electrons. The SMILES string of the molecule is CCC1=C(C(=O)c2cc3ccccc3[nH]2)CCNC1. The van der Waals surface area contributed by atoms with Crippen molar-refractivity contribution in [1.29, 1.82) is 0 Å². The molecule has 3 nitrogen and oxygen atoms in total. The molecule has 0 bridgehead atoms. The summed E-state index contributed by atoms with van der Waals surface area (Å²) in [6.07, 6.45) is 1.77. The van der Waals surface area contributed by atoms with Gasteiger partial charge in [-0.3, -0.25) is 4.79 Å². The number of aromatic nitrogens is 1. The molecule has 0 saturated heterocycles. The van der Waals surface area contributed by atoms with E-state index in [9.17, 15) is 4.79 Å². The van der Waals surface area contributed by atoms with Crippen molar-refractivity contribution in [2.24, 2.45) is 0 Å². The summed E-state index contributed by atoms with van der Waals surface area (Å²) >= 11 is 0. The van der Waals surface area contributed by atoms with Crippen LogP contribution in [-0.4, -0.2) is 23.9 Å². The number of aromatic amines is 1. The Morgan fingerprint density at radius 2 is 2.16 bits per heavy atom. The molecule has 0 fully saturated rings. The zero-order chi connectivity index (χ0) is 13.2. The van der Waals surface area contributed by atoms with Crippen molar-refractivity contribution in [3.8, 4) is 0 Å². The van der Waals surface area contributed by atoms with Gasteiger partial charge >= 0.3 is 0 Å². The zero-order valence-corrected chi connectivity index (χ0v) is 11.1. The number of hydrogen-bond donors (Lipinski definition) is 2. The van der Waals surface area contributed by atoms with Gasteiger partial charge < -0.3 is 10.3 Å². The molecule has 0 amide bonds. The zero-order valence-electron chi connectivity index (χ0n) is 11.1. The molecule has 2 aromatic rings. The van der Waals surface area contributed by atoms with Crippen molar-refractivity contribution in [1.82, 2.24) is 10.3 Å². The van der Waals surface area contributed by atoms with Gasteiger partial charge in [-0.25, -0.2) is 0 Å². The average Bonchev–Trinajstić information content (AvgIpc) is 2.90. The number of benzene rings is 1. The van der Waals surface area contributed by atoms with Crippen molar-refractivity contribution < 1.29 is 4.79 Å². The predicted octanol–water partition coefficient (Wildman–Crippen LogP) is 3.05. The lowest BCUT2D eigenvalue weighted by Crippen LogP contribution is -2.27. The highest BCUT2D eigenvalue weighted by molar-refractivity contribution is 6.10. The highest BCUT2D eigenvalue weighted by Crippen LogP contribution is 2.22. The first-order valence-electron chi connectivity index (χ1n) is 6.83. The number of fused-ring (bicyclic) bond motifs is 1. The second kappa shape index (κ2) is 5.02. The third kappa shape index (κ3) is 2.22. The fraction of sp³-hybridized carbons (Fsp3) is 0.312. The van der Waals surface area contributed by atoms with E-state index in [2.05, 4.69) is 17.2 Å². The van der Waals surface area contributed by atoms with E-state index < -0.39 is 0 Å². The second-order valence-corrected chi connectivity index (χ2v) is 4.96. The molecule has 1 aliphatic rings. The Balaban J connectivity index is 2.01. The van der Waals surface area contributed by atoms with Gasteiger partial charge in [0.2, 0.25) is 5.78 Å². The quantitative estimate of drug-likeness (QED) is 0.827. The molecule has 2 heterocycles. The normalized spacial score (nSPS) is 16.1. The average molecular weight is 254 g/mol. The minimum absolute atomic E-state index is 0.162. The van der Waals surface area contributed by atoms with Gasteiger partial charge in [-0.05, 0) is 37.1 Å². The summed E-state index contributed by atoms with van der Waals surface area (Å²) in [4.78, 5) is 15.9. The van der Waals surface area contributed by atoms with Crippen molar-refractivity contribution in [2.75, 3.05) is 13.1 Å². The minimum atomic E-state index is 0.162. The van der Waals surface area contributed by atoms with Gasteiger partial charge in [0.15, 0.2) is 0 Å². The Morgan fingerprint density at radius 3 is 2.95 bits per heavy atom. The Kier molecular flexibility index (Phi) is 3.22. The molecule has 0 atom stereocenters. The summed E-state index contributed by atoms with van der Waals surface area (Å²) in [6.45, 7) is 3.85. The van der Waals surface area contributed by atoms with Crippen molar-refractivity contribution in [2.45, 2.75) is 19.8 Å². The van der Waals surface area contributed by atoms with Gasteiger partial charge in [-0.15, -0.1) is 0 Å². The van der Waals surface area contributed by atoms with E-state index in [0.717, 1.165) is 42.4 Å². The Bertz CT molecular complexity index is 619. The molecule has 3 heteroatoms. The van der Waals surface area contributed by atoms with Crippen molar-refractivity contribution in [3.05, 3.63) is 47.2 Å². The first-order chi connectivity index (χ1) is 9.29. The standard InChI is InChI=1S/C16H18N2O/c1-2-11-10-17-8-7-13(11)16(19)15-9-12-5-3-4-6-14(12)18-15/h3-6,9,17-18H,2,7-8,10H2,1H3. The molecule has 0 unspecified atom stereocenters. The predicted molar refractivity (Wildman–Crippen MR) is 77.4 cm³/mol. The fourth-order valence-electron chi connectivity index (χ4n) is 2.71. The number of carbonyl (C=O) groups excluding carboxylic acids is 1. The molecule has 2 N–H and O–H groups in total. The van der Waals surface area contributed by atoms with Gasteiger partial charge in [0.05, 0.1) is 5.69 Å². The lowest BCUT2D eigenvalue weighted by molar-refractivity contribution is 0.102. The number of carbonyl (C=O) groups is 1. The number of H-pyrrole nitrogens is 1. The van der Waals surface area contributed by atoms with Crippen LogP contribution in [0.5, 0.6) is 0 Å². The van der Waals surface area contributed by atoms with E-state index in [1.807, 2.05) is 30.3 Å². The summed E-state index contributed by atoms with van der Waals surface area (Å²) in [7, 11) is 0. The molecule has 1 aromatic heterocycles. The van der Waals surface area contributed by atoms with E-state index in [4.69, 9.17) is 0 Å². The van der Waals surface area contributed by atoms with Gasteiger partial charge in [-0.1, -0.05) is 25.1 Å². The number of Topliss-reactive ketones (excluding diaryl/α,β-unsaturated/α-hetero) is 1. The number of rotatable bonds is 3. The summed E-state index contributed by atoms with van der Waals surface area (Å²) in [6, 6.07) is 9.96. The summed E-state index contributed by atoms with van der Waals surface area (Å²) < 4.78 is 0. The van der Waals surface area contributed by atoms with E-state index in [1.54, 1.807) is 0 Å². The second-order valence-electron chi connectivity index (χ2n) is 4.96.